The molecule has 1 atom stereocenters. The summed E-state index contributed by atoms with van der Waals surface area (Å²) in [7, 11) is 0. The van der Waals surface area contributed by atoms with Gasteiger partial charge in [-0.05, 0) is 12.5 Å². The minimum atomic E-state index is -0.976. The molecule has 0 radical (unpaired) electrons. The molecule has 0 bridgehead atoms. The van der Waals surface area contributed by atoms with E-state index in [0.29, 0.717) is 0 Å². The Morgan fingerprint density at radius 1 is 1.77 bits per heavy atom. The molecule has 0 aliphatic heterocycles. The highest BCUT2D eigenvalue weighted by atomic mass is 35.5. The van der Waals surface area contributed by atoms with Crippen LogP contribution in [0.4, 0.5) is 4.39 Å². The van der Waals surface area contributed by atoms with Crippen LogP contribution in [0, 0.1) is 5.82 Å². The molecule has 70 valence electrons. The van der Waals surface area contributed by atoms with E-state index in [-0.39, 0.29) is 17.1 Å². The maximum Gasteiger partial charge on any atom is 0.165 e. The van der Waals surface area contributed by atoms with E-state index in [0.717, 1.165) is 0 Å². The molecule has 0 saturated heterocycles. The van der Waals surface area contributed by atoms with Gasteiger partial charge >= 0.3 is 0 Å². The van der Waals surface area contributed by atoms with E-state index in [2.05, 4.69) is 11.6 Å². The zero-order valence-electron chi connectivity index (χ0n) is 6.87. The van der Waals surface area contributed by atoms with Gasteiger partial charge in [0.2, 0.25) is 0 Å². The summed E-state index contributed by atoms with van der Waals surface area (Å²) in [6, 6.07) is 1.33. The van der Waals surface area contributed by atoms with Crippen molar-refractivity contribution in [2.75, 3.05) is 0 Å². The highest BCUT2D eigenvalue weighted by Crippen LogP contribution is 2.22. The smallest absolute Gasteiger partial charge is 0.165 e. The molecule has 0 unspecified atom stereocenters. The molecule has 2 nitrogen and oxygen atoms in total. The van der Waals surface area contributed by atoms with Crippen molar-refractivity contribution in [2.45, 2.75) is 12.5 Å². The fourth-order valence-electron chi connectivity index (χ4n) is 0.937. The fraction of sp³-hybridized carbons (Fsp3) is 0.222. The molecule has 0 spiro atoms. The van der Waals surface area contributed by atoms with Gasteiger partial charge in [-0.2, -0.15) is 0 Å². The van der Waals surface area contributed by atoms with Gasteiger partial charge in [0, 0.05) is 6.20 Å². The van der Waals surface area contributed by atoms with Crippen LogP contribution in [0.15, 0.2) is 24.9 Å². The van der Waals surface area contributed by atoms with Gasteiger partial charge in [-0.15, -0.1) is 6.58 Å². The molecule has 0 aromatic carbocycles. The van der Waals surface area contributed by atoms with E-state index in [9.17, 15) is 9.50 Å². The summed E-state index contributed by atoms with van der Waals surface area (Å²) >= 11 is 5.51. The predicted octanol–water partition coefficient (Wildman–Crippen LogP) is 2.48. The van der Waals surface area contributed by atoms with Crippen LogP contribution in [0.2, 0.25) is 5.02 Å². The first kappa shape index (κ1) is 10.2. The lowest BCUT2D eigenvalue weighted by Crippen LogP contribution is -2.02. The van der Waals surface area contributed by atoms with Gasteiger partial charge < -0.3 is 5.11 Å². The van der Waals surface area contributed by atoms with Crippen LogP contribution < -0.4 is 0 Å². The average Bonchev–Trinajstić information content (AvgIpc) is 2.10. The van der Waals surface area contributed by atoms with Gasteiger partial charge in [0.15, 0.2) is 5.82 Å². The number of hydrogen-bond acceptors (Lipinski definition) is 2. The highest BCUT2D eigenvalue weighted by molar-refractivity contribution is 6.30. The first-order chi connectivity index (χ1) is 6.16. The minimum Gasteiger partial charge on any atom is -0.386 e. The Morgan fingerprint density at radius 3 is 3.08 bits per heavy atom. The number of aromatic nitrogens is 1. The minimum absolute atomic E-state index is 0.0342. The van der Waals surface area contributed by atoms with Crippen molar-refractivity contribution in [3.63, 3.8) is 0 Å². The Hall–Kier alpha value is -0.930. The van der Waals surface area contributed by atoms with Crippen molar-refractivity contribution in [1.82, 2.24) is 4.98 Å². The number of aliphatic hydroxyl groups is 1. The molecular weight excluding hydrogens is 193 g/mol. The maximum absolute atomic E-state index is 13.2. The number of nitrogens with zero attached hydrogens (tertiary/aromatic N) is 1. The van der Waals surface area contributed by atoms with Crippen molar-refractivity contribution in [3.8, 4) is 0 Å². The summed E-state index contributed by atoms with van der Waals surface area (Å²) in [5.41, 5.74) is -0.0348. The number of pyridine rings is 1. The first-order valence-corrected chi connectivity index (χ1v) is 4.13. The molecule has 0 aliphatic rings. The van der Waals surface area contributed by atoms with Crippen molar-refractivity contribution in [3.05, 3.63) is 41.5 Å². The molecule has 0 saturated carbocycles. The van der Waals surface area contributed by atoms with Crippen molar-refractivity contribution in [2.24, 2.45) is 0 Å². The topological polar surface area (TPSA) is 33.1 Å². The summed E-state index contributed by atoms with van der Waals surface area (Å²) in [4.78, 5) is 3.70. The Bertz CT molecular complexity index is 316. The highest BCUT2D eigenvalue weighted by Gasteiger charge is 2.14. The van der Waals surface area contributed by atoms with Gasteiger partial charge in [0.1, 0.15) is 11.8 Å². The van der Waals surface area contributed by atoms with Gasteiger partial charge in [0.25, 0.3) is 0 Å². The number of aliphatic hydroxyl groups excluding tert-OH is 1. The number of halogens is 2. The van der Waals surface area contributed by atoms with E-state index in [1.54, 1.807) is 0 Å². The van der Waals surface area contributed by atoms with E-state index < -0.39 is 11.9 Å². The third kappa shape index (κ3) is 2.26. The van der Waals surface area contributed by atoms with Crippen molar-refractivity contribution in [1.29, 1.82) is 0 Å². The van der Waals surface area contributed by atoms with Crippen LogP contribution in [-0.4, -0.2) is 10.1 Å². The average molecular weight is 202 g/mol. The normalized spacial score (nSPS) is 12.5. The number of rotatable bonds is 3. The summed E-state index contributed by atoms with van der Waals surface area (Å²) < 4.78 is 13.2. The molecule has 1 aromatic rings. The van der Waals surface area contributed by atoms with E-state index in [1.165, 1.54) is 18.3 Å². The predicted molar refractivity (Wildman–Crippen MR) is 49.0 cm³/mol. The Labute approximate surface area is 80.7 Å². The second kappa shape index (κ2) is 4.35. The summed E-state index contributed by atoms with van der Waals surface area (Å²) in [6.45, 7) is 3.44. The standard InChI is InChI=1S/C9H9ClFNO/c1-2-3-7(13)9-8(11)6(10)4-5-12-9/h2,4-5,7,13H,1,3H2/t7-/m1/s1. The molecule has 1 heterocycles. The summed E-state index contributed by atoms with van der Waals surface area (Å²) in [6.07, 6.45) is 2.13. The Kier molecular flexibility index (Phi) is 3.39. The monoisotopic (exact) mass is 201 g/mol. The molecule has 13 heavy (non-hydrogen) atoms. The van der Waals surface area contributed by atoms with Crippen LogP contribution in [-0.2, 0) is 0 Å². The lowest BCUT2D eigenvalue weighted by Gasteiger charge is -2.08. The quantitative estimate of drug-likeness (QED) is 0.763. The van der Waals surface area contributed by atoms with Crippen LogP contribution in [0.3, 0.4) is 0 Å². The Balaban J connectivity index is 3.00. The lowest BCUT2D eigenvalue weighted by atomic mass is 10.1. The van der Waals surface area contributed by atoms with Crippen molar-refractivity contribution < 1.29 is 9.50 Å². The molecule has 0 amide bonds. The Morgan fingerprint density at radius 2 is 2.46 bits per heavy atom. The van der Waals surface area contributed by atoms with Crippen LogP contribution in [0.25, 0.3) is 0 Å². The van der Waals surface area contributed by atoms with Crippen LogP contribution in [0.1, 0.15) is 18.2 Å². The second-order valence-electron chi connectivity index (χ2n) is 2.53. The van der Waals surface area contributed by atoms with Crippen molar-refractivity contribution >= 4 is 11.6 Å². The zero-order valence-corrected chi connectivity index (χ0v) is 7.63. The third-order valence-electron chi connectivity index (χ3n) is 1.57. The number of hydrogen-bond donors (Lipinski definition) is 1. The molecular formula is C9H9ClFNO. The molecule has 4 heteroatoms. The van der Waals surface area contributed by atoms with E-state index >= 15 is 0 Å². The zero-order chi connectivity index (χ0) is 9.84. The molecule has 1 rings (SSSR count). The van der Waals surface area contributed by atoms with E-state index in [4.69, 9.17) is 11.6 Å². The van der Waals surface area contributed by atoms with Crippen LogP contribution >= 0.6 is 11.6 Å². The summed E-state index contributed by atoms with van der Waals surface area (Å²) in [5, 5.41) is 9.36. The molecule has 0 aliphatic carbocycles. The van der Waals surface area contributed by atoms with Gasteiger partial charge in [-0.25, -0.2) is 4.39 Å². The molecule has 1 aromatic heterocycles. The van der Waals surface area contributed by atoms with Gasteiger partial charge in [0.05, 0.1) is 5.02 Å². The second-order valence-corrected chi connectivity index (χ2v) is 2.94. The first-order valence-electron chi connectivity index (χ1n) is 3.75. The third-order valence-corrected chi connectivity index (χ3v) is 1.87. The molecule has 0 fully saturated rings. The van der Waals surface area contributed by atoms with E-state index in [1.807, 2.05) is 0 Å². The van der Waals surface area contributed by atoms with Gasteiger partial charge in [-0.1, -0.05) is 17.7 Å². The largest absolute Gasteiger partial charge is 0.386 e. The maximum atomic E-state index is 13.2. The summed E-state index contributed by atoms with van der Waals surface area (Å²) in [5.74, 6) is -0.668. The lowest BCUT2D eigenvalue weighted by molar-refractivity contribution is 0.171. The molecule has 1 N–H and O–H groups in total. The fourth-order valence-corrected chi connectivity index (χ4v) is 1.09. The van der Waals surface area contributed by atoms with Crippen LogP contribution in [0.5, 0.6) is 0 Å². The van der Waals surface area contributed by atoms with Gasteiger partial charge in [-0.3, -0.25) is 4.98 Å². The SMILES string of the molecule is C=CC[C@@H](O)c1nccc(Cl)c1F.